The highest BCUT2D eigenvalue weighted by atomic mass is 35.5. The Hall–Kier alpha value is -3.43. The second-order valence-electron chi connectivity index (χ2n) is 12.4. The summed E-state index contributed by atoms with van der Waals surface area (Å²) in [4.78, 5) is 54.0. The third-order valence-electron chi connectivity index (χ3n) is 9.10. The molecule has 8 nitrogen and oxygen atoms in total. The standard InChI is InChI=1S/C31H29Cl2FN2O6/c1-29(2,3)36-25(38)19-11-10-18-20(23(19)26(36)39)14-30(32)27(40)35(17-8-6-16(34)7-9-17)28(41)31(30,33)24(18)15-5-12-21(37)22(13-15)42-4/h5-10,12-13,19-20,23-24,37H,11,14H2,1-4H3/t19-,20+,23-,24-,30+,31-/m0/s1. The topological polar surface area (TPSA) is 104 Å². The summed E-state index contributed by atoms with van der Waals surface area (Å²) in [6.07, 6.45) is 1.91. The Morgan fingerprint density at radius 2 is 1.64 bits per heavy atom. The Kier molecular flexibility index (Phi) is 6.34. The number of phenols is 1. The van der Waals surface area contributed by atoms with E-state index in [9.17, 15) is 28.7 Å². The van der Waals surface area contributed by atoms with Gasteiger partial charge in [0.25, 0.3) is 11.8 Å². The molecule has 220 valence electrons. The molecular formula is C31H29Cl2FN2O6. The molecule has 42 heavy (non-hydrogen) atoms. The average Bonchev–Trinajstić information content (AvgIpc) is 3.28. The molecular weight excluding hydrogens is 586 g/mol. The number of likely N-dealkylation sites (tertiary alicyclic amines) is 1. The number of hydrogen-bond acceptors (Lipinski definition) is 6. The fourth-order valence-electron chi connectivity index (χ4n) is 7.31. The Morgan fingerprint density at radius 1 is 0.976 bits per heavy atom. The first-order valence-corrected chi connectivity index (χ1v) is 14.4. The SMILES string of the molecule is COc1cc([C@H]2C3=CC[C@@H]4C(=O)N(C(C)(C)C)C(=O)[C@@H]4[C@@H]3C[C@@]3(Cl)C(=O)N(c4ccc(F)cc4)C(=O)[C@@]23Cl)ccc1O. The molecule has 0 spiro atoms. The fourth-order valence-corrected chi connectivity index (χ4v) is 8.24. The molecule has 11 heteroatoms. The number of aromatic hydroxyl groups is 1. The molecule has 2 aliphatic carbocycles. The van der Waals surface area contributed by atoms with Crippen molar-refractivity contribution in [2.24, 2.45) is 17.8 Å². The van der Waals surface area contributed by atoms with Crippen LogP contribution in [0, 0.1) is 23.6 Å². The van der Waals surface area contributed by atoms with Gasteiger partial charge >= 0.3 is 0 Å². The Morgan fingerprint density at radius 3 is 2.26 bits per heavy atom. The molecule has 2 aromatic rings. The van der Waals surface area contributed by atoms with E-state index >= 15 is 0 Å². The van der Waals surface area contributed by atoms with Gasteiger partial charge in [0.2, 0.25) is 11.8 Å². The van der Waals surface area contributed by atoms with Gasteiger partial charge in [0, 0.05) is 11.5 Å². The highest BCUT2D eigenvalue weighted by molar-refractivity contribution is 6.58. The molecule has 6 atom stereocenters. The number of carbonyl (C=O) groups is 4. The predicted molar refractivity (Wildman–Crippen MR) is 153 cm³/mol. The van der Waals surface area contributed by atoms with E-state index in [1.54, 1.807) is 26.8 Å². The Bertz CT molecular complexity index is 1590. The van der Waals surface area contributed by atoms with Crippen molar-refractivity contribution >= 4 is 52.5 Å². The number of allylic oxidation sites excluding steroid dienone is 2. The minimum Gasteiger partial charge on any atom is -0.504 e. The lowest BCUT2D eigenvalue weighted by Crippen LogP contribution is -2.60. The van der Waals surface area contributed by atoms with Crippen LogP contribution in [0.4, 0.5) is 10.1 Å². The van der Waals surface area contributed by atoms with E-state index in [1.165, 1.54) is 36.3 Å². The van der Waals surface area contributed by atoms with Gasteiger partial charge in [-0.3, -0.25) is 24.1 Å². The summed E-state index contributed by atoms with van der Waals surface area (Å²) >= 11 is 14.6. The van der Waals surface area contributed by atoms with Gasteiger partial charge < -0.3 is 9.84 Å². The highest BCUT2D eigenvalue weighted by Crippen LogP contribution is 2.66. The quantitative estimate of drug-likeness (QED) is 0.299. The Balaban J connectivity index is 1.57. The van der Waals surface area contributed by atoms with Crippen LogP contribution in [0.15, 0.2) is 54.1 Å². The number of ether oxygens (including phenoxy) is 1. The summed E-state index contributed by atoms with van der Waals surface area (Å²) in [5, 5.41) is 10.3. The maximum Gasteiger partial charge on any atom is 0.258 e. The van der Waals surface area contributed by atoms with Gasteiger partial charge in [0.05, 0.1) is 24.6 Å². The van der Waals surface area contributed by atoms with Gasteiger partial charge in [-0.1, -0.05) is 17.7 Å². The lowest BCUT2D eigenvalue weighted by atomic mass is 9.56. The average molecular weight is 615 g/mol. The number of phenolic OH excluding ortho intramolecular Hbond substituents is 1. The monoisotopic (exact) mass is 614 g/mol. The van der Waals surface area contributed by atoms with Crippen LogP contribution in [0.1, 0.15) is 45.1 Å². The maximum atomic E-state index is 14.3. The van der Waals surface area contributed by atoms with E-state index in [0.29, 0.717) is 11.1 Å². The minimum atomic E-state index is -2.06. The van der Waals surface area contributed by atoms with Crippen molar-refractivity contribution < 1.29 is 33.4 Å². The Labute approximate surface area is 252 Å². The van der Waals surface area contributed by atoms with Crippen molar-refractivity contribution in [3.63, 3.8) is 0 Å². The minimum absolute atomic E-state index is 0.101. The fraction of sp³-hybridized carbons (Fsp3) is 0.419. The largest absolute Gasteiger partial charge is 0.504 e. The van der Waals surface area contributed by atoms with Crippen molar-refractivity contribution in [3.05, 3.63) is 65.5 Å². The molecule has 2 heterocycles. The van der Waals surface area contributed by atoms with Gasteiger partial charge in [-0.25, -0.2) is 9.29 Å². The summed E-state index contributed by atoms with van der Waals surface area (Å²) in [5.74, 6) is -5.99. The molecule has 0 aromatic heterocycles. The summed E-state index contributed by atoms with van der Waals surface area (Å²) in [7, 11) is 1.37. The van der Waals surface area contributed by atoms with Gasteiger partial charge in [-0.2, -0.15) is 0 Å². The second-order valence-corrected chi connectivity index (χ2v) is 13.6. The molecule has 0 unspecified atom stereocenters. The molecule has 6 rings (SSSR count). The van der Waals surface area contributed by atoms with E-state index in [0.717, 1.165) is 17.0 Å². The van der Waals surface area contributed by atoms with Crippen molar-refractivity contribution in [3.8, 4) is 11.5 Å². The molecule has 0 radical (unpaired) electrons. The molecule has 4 aliphatic rings. The van der Waals surface area contributed by atoms with E-state index in [2.05, 4.69) is 0 Å². The zero-order chi connectivity index (χ0) is 30.5. The van der Waals surface area contributed by atoms with Gasteiger partial charge in [-0.15, -0.1) is 23.2 Å². The lowest BCUT2D eigenvalue weighted by molar-refractivity contribution is -0.145. The summed E-state index contributed by atoms with van der Waals surface area (Å²) in [6.45, 7) is 5.36. The molecule has 0 bridgehead atoms. The zero-order valence-electron chi connectivity index (χ0n) is 23.4. The van der Waals surface area contributed by atoms with E-state index in [1.807, 2.05) is 6.08 Å². The number of hydrogen-bond donors (Lipinski definition) is 1. The van der Waals surface area contributed by atoms with Crippen LogP contribution in [0.2, 0.25) is 0 Å². The third-order valence-corrected chi connectivity index (χ3v) is 10.5. The van der Waals surface area contributed by atoms with Gasteiger partial charge in [0.1, 0.15) is 5.82 Å². The summed E-state index contributed by atoms with van der Waals surface area (Å²) in [5.41, 5.74) is 0.390. The molecule has 2 aliphatic heterocycles. The number of methoxy groups -OCH3 is 1. The van der Waals surface area contributed by atoms with Gasteiger partial charge in [-0.05, 0) is 81.5 Å². The van der Waals surface area contributed by atoms with Crippen LogP contribution in [-0.4, -0.2) is 56.0 Å². The first-order chi connectivity index (χ1) is 19.7. The van der Waals surface area contributed by atoms with E-state index in [4.69, 9.17) is 27.9 Å². The van der Waals surface area contributed by atoms with Crippen molar-refractivity contribution in [1.29, 1.82) is 0 Å². The second kappa shape index (κ2) is 9.28. The highest BCUT2D eigenvalue weighted by Gasteiger charge is 2.76. The summed E-state index contributed by atoms with van der Waals surface area (Å²) < 4.78 is 19.1. The molecule has 4 amide bonds. The van der Waals surface area contributed by atoms with Crippen molar-refractivity contribution in [1.82, 2.24) is 4.90 Å². The van der Waals surface area contributed by atoms with Crippen LogP contribution in [-0.2, 0) is 19.2 Å². The predicted octanol–water partition coefficient (Wildman–Crippen LogP) is 4.90. The van der Waals surface area contributed by atoms with Gasteiger partial charge in [0.15, 0.2) is 21.2 Å². The number of benzene rings is 2. The molecule has 1 saturated carbocycles. The zero-order valence-corrected chi connectivity index (χ0v) is 24.9. The van der Waals surface area contributed by atoms with E-state index in [-0.39, 0.29) is 41.8 Å². The van der Waals surface area contributed by atoms with Crippen LogP contribution in [0.25, 0.3) is 0 Å². The van der Waals surface area contributed by atoms with Crippen LogP contribution in [0.3, 0.4) is 0 Å². The van der Waals surface area contributed by atoms with Crippen molar-refractivity contribution in [2.45, 2.75) is 54.8 Å². The van der Waals surface area contributed by atoms with Crippen LogP contribution >= 0.6 is 23.2 Å². The van der Waals surface area contributed by atoms with Crippen LogP contribution in [0.5, 0.6) is 11.5 Å². The molecule has 3 fully saturated rings. The number of amides is 4. The number of halogens is 3. The normalized spacial score (nSPS) is 32.5. The number of nitrogens with zero attached hydrogens (tertiary/aromatic N) is 2. The number of fused-ring (bicyclic) bond motifs is 4. The van der Waals surface area contributed by atoms with Crippen LogP contribution < -0.4 is 9.64 Å². The van der Waals surface area contributed by atoms with E-state index < -0.39 is 56.6 Å². The number of carbonyl (C=O) groups excluding carboxylic acids is 4. The number of imide groups is 2. The number of alkyl halides is 2. The molecule has 1 N–H and O–H groups in total. The number of rotatable bonds is 3. The number of anilines is 1. The lowest BCUT2D eigenvalue weighted by Gasteiger charge is -2.50. The summed E-state index contributed by atoms with van der Waals surface area (Å²) in [6, 6.07) is 9.33. The first kappa shape index (κ1) is 28.7. The third kappa shape index (κ3) is 3.65. The smallest absolute Gasteiger partial charge is 0.258 e. The first-order valence-electron chi connectivity index (χ1n) is 13.6. The maximum absolute atomic E-state index is 14.3. The molecule has 2 aromatic carbocycles. The van der Waals surface area contributed by atoms with Crippen molar-refractivity contribution in [2.75, 3.05) is 12.0 Å². The molecule has 2 saturated heterocycles.